The van der Waals surface area contributed by atoms with Gasteiger partial charge in [0, 0.05) is 29.1 Å². The highest BCUT2D eigenvalue weighted by molar-refractivity contribution is 6.08. The highest BCUT2D eigenvalue weighted by atomic mass is 19.1. The van der Waals surface area contributed by atoms with E-state index in [0.717, 1.165) is 29.8 Å². The summed E-state index contributed by atoms with van der Waals surface area (Å²) in [6.45, 7) is 4.73. The Morgan fingerprint density at radius 2 is 2.11 bits per heavy atom. The van der Waals surface area contributed by atoms with Gasteiger partial charge >= 0.3 is 0 Å². The lowest BCUT2D eigenvalue weighted by atomic mass is 10.0. The zero-order valence-electron chi connectivity index (χ0n) is 11.0. The lowest BCUT2D eigenvalue weighted by Gasteiger charge is -2.06. The predicted octanol–water partition coefficient (Wildman–Crippen LogP) is 1.94. The second kappa shape index (κ2) is 4.84. The number of aromatic nitrogens is 2. The summed E-state index contributed by atoms with van der Waals surface area (Å²) in [4.78, 5) is 0. The Morgan fingerprint density at radius 3 is 2.72 bits per heavy atom. The van der Waals surface area contributed by atoms with E-state index in [0.29, 0.717) is 11.3 Å². The van der Waals surface area contributed by atoms with Crippen LogP contribution in [0, 0.1) is 19.7 Å². The molecule has 1 aromatic carbocycles. The molecular weight excluding hydrogens is 228 g/mol. The minimum absolute atomic E-state index is 0.294. The molecule has 2 rings (SSSR count). The smallest absolute Gasteiger partial charge is 0.133 e. The highest BCUT2D eigenvalue weighted by Gasteiger charge is 2.16. The molecule has 1 heterocycles. The van der Waals surface area contributed by atoms with Crippen LogP contribution in [-0.4, -0.2) is 17.6 Å². The number of hydrogen-bond donors (Lipinski definition) is 1. The van der Waals surface area contributed by atoms with Crippen molar-refractivity contribution in [3.8, 4) is 11.1 Å². The van der Waals surface area contributed by atoms with Gasteiger partial charge in [0.25, 0.3) is 0 Å². The molecule has 0 atom stereocenters. The summed E-state index contributed by atoms with van der Waals surface area (Å²) in [6.07, 6.45) is 1.01. The van der Waals surface area contributed by atoms with Crippen molar-refractivity contribution in [2.24, 2.45) is 0 Å². The van der Waals surface area contributed by atoms with Gasteiger partial charge in [-0.05, 0) is 32.0 Å². The minimum Gasteiger partial charge on any atom is -0.399 e. The third-order valence-electron chi connectivity index (χ3n) is 3.08. The number of nitrogen functional groups attached to an aromatic ring is 1. The molecule has 0 aliphatic carbocycles. The Kier molecular flexibility index (Phi) is 3.41. The molecule has 0 aliphatic rings. The molecule has 0 saturated heterocycles. The number of aryl methyl sites for hydroxylation is 2. The van der Waals surface area contributed by atoms with E-state index in [2.05, 4.69) is 12.9 Å². The molecule has 0 radical (unpaired) electrons. The van der Waals surface area contributed by atoms with Crippen molar-refractivity contribution in [2.45, 2.75) is 26.7 Å². The lowest BCUT2D eigenvalue weighted by molar-refractivity contribution is 0.629. The van der Waals surface area contributed by atoms with Crippen molar-refractivity contribution in [3.05, 3.63) is 35.4 Å². The third-order valence-corrected chi connectivity index (χ3v) is 3.08. The molecule has 0 aliphatic heterocycles. The number of anilines is 1. The van der Waals surface area contributed by atoms with Crippen LogP contribution in [0.2, 0.25) is 6.32 Å². The lowest BCUT2D eigenvalue weighted by Crippen LogP contribution is -2.01. The van der Waals surface area contributed by atoms with Crippen LogP contribution in [0.15, 0.2) is 18.2 Å². The molecule has 0 spiro atoms. The van der Waals surface area contributed by atoms with Gasteiger partial charge in [0.1, 0.15) is 13.7 Å². The monoisotopic (exact) mass is 245 g/mol. The van der Waals surface area contributed by atoms with Crippen LogP contribution in [0.1, 0.15) is 11.4 Å². The summed E-state index contributed by atoms with van der Waals surface area (Å²) in [6, 6.07) is 4.79. The third kappa shape index (κ3) is 2.12. The Morgan fingerprint density at radius 1 is 1.39 bits per heavy atom. The molecule has 94 valence electrons. The molecule has 0 saturated carbocycles. The van der Waals surface area contributed by atoms with E-state index in [1.165, 1.54) is 6.07 Å². The zero-order valence-corrected chi connectivity index (χ0v) is 11.0. The van der Waals surface area contributed by atoms with Gasteiger partial charge < -0.3 is 5.73 Å². The second-order valence-electron chi connectivity index (χ2n) is 4.51. The molecule has 1 aromatic heterocycles. The molecule has 18 heavy (non-hydrogen) atoms. The Hall–Kier alpha value is -1.78. The average molecular weight is 245 g/mol. The summed E-state index contributed by atoms with van der Waals surface area (Å²) in [5, 5.41) is 4.46. The summed E-state index contributed by atoms with van der Waals surface area (Å²) in [7, 11) is 2.10. The van der Waals surface area contributed by atoms with Crippen molar-refractivity contribution in [2.75, 3.05) is 5.73 Å². The van der Waals surface area contributed by atoms with Gasteiger partial charge in [-0.2, -0.15) is 5.10 Å². The number of nitrogens with zero attached hydrogens (tertiary/aromatic N) is 2. The van der Waals surface area contributed by atoms with Crippen LogP contribution < -0.4 is 5.73 Å². The van der Waals surface area contributed by atoms with Gasteiger partial charge in [-0.25, -0.2) is 4.39 Å². The molecule has 3 nitrogen and oxygen atoms in total. The van der Waals surface area contributed by atoms with Gasteiger partial charge in [-0.3, -0.25) is 4.68 Å². The van der Waals surface area contributed by atoms with E-state index in [4.69, 9.17) is 5.73 Å². The SMILES string of the molecule is BCCn1nc(C)c(-c2ccc(N)cc2F)c1C. The minimum atomic E-state index is -0.294. The molecule has 2 aromatic rings. The van der Waals surface area contributed by atoms with Gasteiger partial charge in [-0.15, -0.1) is 0 Å². The number of nitrogens with two attached hydrogens (primary N) is 1. The van der Waals surface area contributed by atoms with Crippen LogP contribution >= 0.6 is 0 Å². The Labute approximate surface area is 107 Å². The normalized spacial score (nSPS) is 10.8. The van der Waals surface area contributed by atoms with E-state index in [-0.39, 0.29) is 5.82 Å². The van der Waals surface area contributed by atoms with E-state index >= 15 is 0 Å². The first-order chi connectivity index (χ1) is 8.54. The quantitative estimate of drug-likeness (QED) is 0.663. The van der Waals surface area contributed by atoms with Crippen molar-refractivity contribution in [3.63, 3.8) is 0 Å². The fourth-order valence-electron chi connectivity index (χ4n) is 2.25. The van der Waals surface area contributed by atoms with E-state index in [1.807, 2.05) is 18.5 Å². The molecule has 0 unspecified atom stereocenters. The first-order valence-corrected chi connectivity index (χ1v) is 6.14. The van der Waals surface area contributed by atoms with Gasteiger partial charge in [0.15, 0.2) is 0 Å². The maximum Gasteiger partial charge on any atom is 0.133 e. The average Bonchev–Trinajstić information content (AvgIpc) is 2.56. The van der Waals surface area contributed by atoms with Crippen molar-refractivity contribution in [1.29, 1.82) is 0 Å². The molecule has 0 bridgehead atoms. The van der Waals surface area contributed by atoms with Crippen molar-refractivity contribution >= 4 is 13.5 Å². The molecular formula is C13H17BFN3. The summed E-state index contributed by atoms with van der Waals surface area (Å²) in [5.41, 5.74) is 9.31. The van der Waals surface area contributed by atoms with Gasteiger partial charge in [0.05, 0.1) is 5.69 Å². The van der Waals surface area contributed by atoms with Crippen LogP contribution in [0.4, 0.5) is 10.1 Å². The molecule has 0 fully saturated rings. The number of benzene rings is 1. The zero-order chi connectivity index (χ0) is 13.3. The predicted molar refractivity (Wildman–Crippen MR) is 74.9 cm³/mol. The molecule has 0 amide bonds. The Bertz CT molecular complexity index is 578. The Balaban J connectivity index is 2.56. The van der Waals surface area contributed by atoms with Gasteiger partial charge in [-0.1, -0.05) is 6.32 Å². The molecule has 5 heteroatoms. The van der Waals surface area contributed by atoms with Crippen LogP contribution in [-0.2, 0) is 6.54 Å². The van der Waals surface area contributed by atoms with Crippen LogP contribution in [0.5, 0.6) is 0 Å². The van der Waals surface area contributed by atoms with Crippen LogP contribution in [0.3, 0.4) is 0 Å². The number of hydrogen-bond acceptors (Lipinski definition) is 2. The van der Waals surface area contributed by atoms with E-state index in [9.17, 15) is 4.39 Å². The fourth-order valence-corrected chi connectivity index (χ4v) is 2.25. The first-order valence-electron chi connectivity index (χ1n) is 6.14. The maximum absolute atomic E-state index is 14.0. The fraction of sp³-hybridized carbons (Fsp3) is 0.308. The summed E-state index contributed by atoms with van der Waals surface area (Å²) >= 11 is 0. The first kappa shape index (κ1) is 12.7. The van der Waals surface area contributed by atoms with Gasteiger partial charge in [0.2, 0.25) is 0 Å². The number of halogens is 1. The largest absolute Gasteiger partial charge is 0.399 e. The maximum atomic E-state index is 14.0. The highest BCUT2D eigenvalue weighted by Crippen LogP contribution is 2.30. The van der Waals surface area contributed by atoms with E-state index < -0.39 is 0 Å². The topological polar surface area (TPSA) is 43.8 Å². The second-order valence-corrected chi connectivity index (χ2v) is 4.51. The van der Waals surface area contributed by atoms with Crippen molar-refractivity contribution < 1.29 is 4.39 Å². The van der Waals surface area contributed by atoms with Crippen LogP contribution in [0.25, 0.3) is 11.1 Å². The van der Waals surface area contributed by atoms with E-state index in [1.54, 1.807) is 12.1 Å². The van der Waals surface area contributed by atoms with Crippen molar-refractivity contribution in [1.82, 2.24) is 9.78 Å². The standard InChI is InChI=1S/C13H17BFN3/c1-8-13(9(2)18(17-8)6-5-14)11-4-3-10(16)7-12(11)15/h3-4,7H,5-6,14,16H2,1-2H3. The summed E-state index contributed by atoms with van der Waals surface area (Å²) in [5.74, 6) is -0.294. The number of rotatable bonds is 3. The molecule has 2 N–H and O–H groups in total. The summed E-state index contributed by atoms with van der Waals surface area (Å²) < 4.78 is 15.9.